The molecule has 7 nitrogen and oxygen atoms in total. The highest BCUT2D eigenvalue weighted by Gasteiger charge is 2.13. The van der Waals surface area contributed by atoms with E-state index in [2.05, 4.69) is 71.1 Å². The zero-order chi connectivity index (χ0) is 21.1. The third-order valence-corrected chi connectivity index (χ3v) is 5.64. The van der Waals surface area contributed by atoms with E-state index < -0.39 is 0 Å². The van der Waals surface area contributed by atoms with Crippen molar-refractivity contribution in [3.05, 3.63) is 41.2 Å². The molecular weight excluding hydrogens is 378 g/mol. The smallest absolute Gasteiger partial charge is 0.318 e. The van der Waals surface area contributed by atoms with Crippen LogP contribution in [0.4, 0.5) is 11.5 Å². The van der Waals surface area contributed by atoms with Crippen LogP contribution in [0.3, 0.4) is 0 Å². The van der Waals surface area contributed by atoms with Crippen LogP contribution in [-0.2, 0) is 4.74 Å². The number of aromatic amines is 1. The number of aromatic nitrogens is 3. The molecule has 0 aliphatic carbocycles. The van der Waals surface area contributed by atoms with E-state index in [1.165, 1.54) is 16.6 Å². The van der Waals surface area contributed by atoms with Gasteiger partial charge in [-0.2, -0.15) is 9.97 Å². The predicted octanol–water partition coefficient (Wildman–Crippen LogP) is 4.15. The van der Waals surface area contributed by atoms with Gasteiger partial charge >= 0.3 is 6.01 Å². The maximum Gasteiger partial charge on any atom is 0.318 e. The van der Waals surface area contributed by atoms with Crippen LogP contribution in [0.25, 0.3) is 10.9 Å². The van der Waals surface area contributed by atoms with E-state index in [0.717, 1.165) is 55.6 Å². The second kappa shape index (κ2) is 9.02. The first-order chi connectivity index (χ1) is 14.5. The van der Waals surface area contributed by atoms with Crippen LogP contribution < -0.4 is 10.1 Å². The molecule has 0 saturated carbocycles. The molecule has 1 aliphatic rings. The van der Waals surface area contributed by atoms with Crippen LogP contribution >= 0.6 is 0 Å². The van der Waals surface area contributed by atoms with Crippen molar-refractivity contribution in [3.63, 3.8) is 0 Å². The molecule has 30 heavy (non-hydrogen) atoms. The standard InChI is InChI=1S/C23H31N5O2/c1-15(2)21-14-22(25-18-5-6-20-19(13-18)16(3)17(4)24-20)27-23(26-21)30-12-9-28-7-10-29-11-8-28/h5-6,13-15,24H,7-12H2,1-4H3,(H,25,26,27). The summed E-state index contributed by atoms with van der Waals surface area (Å²) in [5.74, 6) is 1.03. The number of benzene rings is 1. The third kappa shape index (κ3) is 4.74. The van der Waals surface area contributed by atoms with Crippen molar-refractivity contribution < 1.29 is 9.47 Å². The lowest BCUT2D eigenvalue weighted by Crippen LogP contribution is -2.38. The van der Waals surface area contributed by atoms with Gasteiger partial charge in [0.1, 0.15) is 12.4 Å². The molecule has 2 N–H and O–H groups in total. The van der Waals surface area contributed by atoms with Crippen LogP contribution in [0.5, 0.6) is 6.01 Å². The molecule has 0 unspecified atom stereocenters. The molecule has 1 aromatic carbocycles. The zero-order valence-corrected chi connectivity index (χ0v) is 18.3. The number of ether oxygens (including phenoxy) is 2. The minimum Gasteiger partial charge on any atom is -0.462 e. The summed E-state index contributed by atoms with van der Waals surface area (Å²) in [7, 11) is 0. The molecule has 160 valence electrons. The fourth-order valence-corrected chi connectivity index (χ4v) is 3.65. The van der Waals surface area contributed by atoms with Crippen molar-refractivity contribution in [3.8, 4) is 6.01 Å². The molecule has 7 heteroatoms. The van der Waals surface area contributed by atoms with Crippen LogP contribution in [0.15, 0.2) is 24.3 Å². The number of aryl methyl sites for hydroxylation is 2. The molecule has 3 aromatic rings. The number of fused-ring (bicyclic) bond motifs is 1. The maximum atomic E-state index is 5.92. The summed E-state index contributed by atoms with van der Waals surface area (Å²) < 4.78 is 11.3. The third-order valence-electron chi connectivity index (χ3n) is 5.64. The molecule has 3 heterocycles. The summed E-state index contributed by atoms with van der Waals surface area (Å²) in [4.78, 5) is 15.0. The average Bonchev–Trinajstić information content (AvgIpc) is 3.02. The normalized spacial score (nSPS) is 15.1. The summed E-state index contributed by atoms with van der Waals surface area (Å²) in [6.45, 7) is 13.4. The molecule has 0 radical (unpaired) electrons. The van der Waals surface area contributed by atoms with Crippen molar-refractivity contribution in [1.29, 1.82) is 0 Å². The first-order valence-electron chi connectivity index (χ1n) is 10.7. The summed E-state index contributed by atoms with van der Waals surface area (Å²) in [5, 5.41) is 4.66. The van der Waals surface area contributed by atoms with Gasteiger partial charge < -0.3 is 19.8 Å². The molecule has 0 bridgehead atoms. The first-order valence-corrected chi connectivity index (χ1v) is 10.7. The van der Waals surface area contributed by atoms with Crippen LogP contribution in [0, 0.1) is 13.8 Å². The summed E-state index contributed by atoms with van der Waals surface area (Å²) in [5.41, 5.74) is 5.57. The van der Waals surface area contributed by atoms with Gasteiger partial charge in [-0.25, -0.2) is 0 Å². The van der Waals surface area contributed by atoms with E-state index in [0.29, 0.717) is 12.6 Å². The SMILES string of the molecule is Cc1[nH]c2ccc(Nc3cc(C(C)C)nc(OCCN4CCOCC4)n3)cc2c1C. The second-order valence-corrected chi connectivity index (χ2v) is 8.18. The molecule has 1 saturated heterocycles. The van der Waals surface area contributed by atoms with Crippen molar-refractivity contribution in [1.82, 2.24) is 19.9 Å². The van der Waals surface area contributed by atoms with Gasteiger partial charge in [-0.05, 0) is 43.5 Å². The van der Waals surface area contributed by atoms with E-state index in [1.807, 2.05) is 6.07 Å². The van der Waals surface area contributed by atoms with E-state index in [1.54, 1.807) is 0 Å². The highest BCUT2D eigenvalue weighted by molar-refractivity contribution is 5.88. The van der Waals surface area contributed by atoms with Crippen LogP contribution in [-0.4, -0.2) is 59.3 Å². The number of hydrogen-bond donors (Lipinski definition) is 2. The fourth-order valence-electron chi connectivity index (χ4n) is 3.65. The Kier molecular flexibility index (Phi) is 6.20. The molecule has 1 fully saturated rings. The largest absolute Gasteiger partial charge is 0.462 e. The molecule has 4 rings (SSSR count). The maximum absolute atomic E-state index is 5.92. The molecule has 0 spiro atoms. The Balaban J connectivity index is 1.49. The molecule has 1 aliphatic heterocycles. The average molecular weight is 410 g/mol. The van der Waals surface area contributed by atoms with Gasteiger partial charge in [0.2, 0.25) is 0 Å². The van der Waals surface area contributed by atoms with E-state index in [-0.39, 0.29) is 5.92 Å². The summed E-state index contributed by atoms with van der Waals surface area (Å²) >= 11 is 0. The molecule has 2 aromatic heterocycles. The number of rotatable bonds is 7. The Morgan fingerprint density at radius 1 is 1.17 bits per heavy atom. The minimum atomic E-state index is 0.284. The highest BCUT2D eigenvalue weighted by Crippen LogP contribution is 2.27. The Bertz CT molecular complexity index is 1010. The Labute approximate surface area is 177 Å². The number of hydrogen-bond acceptors (Lipinski definition) is 6. The van der Waals surface area contributed by atoms with Crippen molar-refractivity contribution in [2.24, 2.45) is 0 Å². The topological polar surface area (TPSA) is 75.3 Å². The van der Waals surface area contributed by atoms with Gasteiger partial charge in [0.25, 0.3) is 0 Å². The number of nitrogens with one attached hydrogen (secondary N) is 2. The van der Waals surface area contributed by atoms with Gasteiger partial charge in [0.05, 0.1) is 18.9 Å². The molecule has 0 amide bonds. The van der Waals surface area contributed by atoms with Crippen molar-refractivity contribution in [2.75, 3.05) is 44.8 Å². The minimum absolute atomic E-state index is 0.284. The van der Waals surface area contributed by atoms with Crippen LogP contribution in [0.1, 0.15) is 36.7 Å². The first kappa shape index (κ1) is 20.6. The number of anilines is 2. The molecular formula is C23H31N5O2. The number of morpholine rings is 1. The Morgan fingerprint density at radius 3 is 2.73 bits per heavy atom. The summed E-state index contributed by atoms with van der Waals surface area (Å²) in [6.07, 6.45) is 0. The van der Waals surface area contributed by atoms with Gasteiger partial charge in [-0.3, -0.25) is 4.90 Å². The number of nitrogens with zero attached hydrogens (tertiary/aromatic N) is 3. The van der Waals surface area contributed by atoms with Gasteiger partial charge in [0.15, 0.2) is 0 Å². The monoisotopic (exact) mass is 409 g/mol. The zero-order valence-electron chi connectivity index (χ0n) is 18.3. The fraction of sp³-hybridized carbons (Fsp3) is 0.478. The van der Waals surface area contributed by atoms with E-state index in [9.17, 15) is 0 Å². The Hall–Kier alpha value is -2.64. The highest BCUT2D eigenvalue weighted by atomic mass is 16.5. The van der Waals surface area contributed by atoms with Gasteiger partial charge in [-0.15, -0.1) is 0 Å². The second-order valence-electron chi connectivity index (χ2n) is 8.18. The molecule has 0 atom stereocenters. The lowest BCUT2D eigenvalue weighted by atomic mass is 10.1. The lowest BCUT2D eigenvalue weighted by molar-refractivity contribution is 0.0317. The lowest BCUT2D eigenvalue weighted by Gasteiger charge is -2.26. The van der Waals surface area contributed by atoms with E-state index >= 15 is 0 Å². The van der Waals surface area contributed by atoms with Gasteiger partial charge in [0, 0.05) is 48.0 Å². The van der Waals surface area contributed by atoms with Gasteiger partial charge in [-0.1, -0.05) is 13.8 Å². The van der Waals surface area contributed by atoms with Crippen molar-refractivity contribution in [2.45, 2.75) is 33.6 Å². The quantitative estimate of drug-likeness (QED) is 0.611. The summed E-state index contributed by atoms with van der Waals surface area (Å²) in [6, 6.07) is 8.74. The number of H-pyrrole nitrogens is 1. The van der Waals surface area contributed by atoms with E-state index in [4.69, 9.17) is 9.47 Å². The van der Waals surface area contributed by atoms with Crippen LogP contribution in [0.2, 0.25) is 0 Å². The van der Waals surface area contributed by atoms with Crippen molar-refractivity contribution >= 4 is 22.4 Å². The predicted molar refractivity (Wildman–Crippen MR) is 120 cm³/mol. The Morgan fingerprint density at radius 2 is 1.97 bits per heavy atom.